The Hall–Kier alpha value is -2.57. The minimum atomic E-state index is -0.193. The van der Waals surface area contributed by atoms with E-state index in [1.165, 1.54) is 12.8 Å². The molecule has 1 aliphatic heterocycles. The number of hydrogen-bond acceptors (Lipinski definition) is 6. The van der Waals surface area contributed by atoms with Crippen molar-refractivity contribution >= 4 is 17.4 Å². The first-order valence-corrected chi connectivity index (χ1v) is 11.3. The molecule has 3 heterocycles. The third-order valence-electron chi connectivity index (χ3n) is 6.92. The molecule has 3 aromatic rings. The molecule has 0 bridgehead atoms. The molecule has 6 nitrogen and oxygen atoms in total. The third kappa shape index (κ3) is 3.48. The molecule has 0 amide bonds. The van der Waals surface area contributed by atoms with E-state index in [0.29, 0.717) is 22.5 Å². The van der Waals surface area contributed by atoms with Crippen LogP contribution in [0.3, 0.4) is 0 Å². The van der Waals surface area contributed by atoms with Gasteiger partial charge in [0.15, 0.2) is 11.6 Å². The largest absolute Gasteiger partial charge is 0.340 e. The van der Waals surface area contributed by atoms with Crippen LogP contribution in [0.15, 0.2) is 47.0 Å². The van der Waals surface area contributed by atoms with Crippen molar-refractivity contribution in [3.05, 3.63) is 64.9 Å². The molecule has 6 rings (SSSR count). The zero-order valence-corrected chi connectivity index (χ0v) is 18.0. The fourth-order valence-corrected chi connectivity index (χ4v) is 5.20. The second-order valence-electron chi connectivity index (χ2n) is 9.20. The molecular formula is C24H23ClN4O2. The van der Waals surface area contributed by atoms with Gasteiger partial charge in [0, 0.05) is 29.0 Å². The van der Waals surface area contributed by atoms with Crippen molar-refractivity contribution in [3.8, 4) is 11.3 Å². The van der Waals surface area contributed by atoms with Crippen molar-refractivity contribution in [3.63, 3.8) is 0 Å². The van der Waals surface area contributed by atoms with Crippen LogP contribution in [0.2, 0.25) is 5.02 Å². The summed E-state index contributed by atoms with van der Waals surface area (Å²) >= 11 is 6.12. The maximum absolute atomic E-state index is 13.2. The molecule has 3 aliphatic rings. The average Bonchev–Trinajstić information content (AvgIpc) is 3.69. The van der Waals surface area contributed by atoms with Crippen molar-refractivity contribution in [2.45, 2.75) is 50.1 Å². The summed E-state index contributed by atoms with van der Waals surface area (Å²) in [5.41, 5.74) is 2.10. The predicted molar refractivity (Wildman–Crippen MR) is 116 cm³/mol. The molecule has 2 unspecified atom stereocenters. The van der Waals surface area contributed by atoms with Crippen LogP contribution in [0, 0.1) is 18.8 Å². The van der Waals surface area contributed by atoms with Crippen LogP contribution in [0.25, 0.3) is 11.3 Å². The number of carbonyl (C=O) groups is 1. The number of nitrogens with one attached hydrogen (secondary N) is 1. The molecule has 2 aromatic heterocycles. The zero-order valence-electron chi connectivity index (χ0n) is 17.2. The standard InChI is InChI=1S/C24H23ClN4O2/c1-13-26-23(29-31-13)24(11-14-8-9-14)12-17(24)20-21(28-20)22(30)19-7-3-6-18(27-19)15-4-2-5-16(25)10-15/h2-7,10,14,17,20-21,28H,8-9,11-12H2,1H3/t17-,20?,21?,24-/m1/s1. The lowest BCUT2D eigenvalue weighted by molar-refractivity contribution is 0.0982. The lowest BCUT2D eigenvalue weighted by Gasteiger charge is -2.12. The average molecular weight is 435 g/mol. The second kappa shape index (κ2) is 6.97. The fraction of sp³-hybridized carbons (Fsp3) is 0.417. The minimum Gasteiger partial charge on any atom is -0.340 e. The molecule has 1 saturated heterocycles. The zero-order chi connectivity index (χ0) is 21.2. The number of benzene rings is 1. The normalized spacial score (nSPS) is 29.0. The van der Waals surface area contributed by atoms with Gasteiger partial charge in [-0.05, 0) is 48.9 Å². The quantitative estimate of drug-likeness (QED) is 0.438. The SMILES string of the molecule is Cc1nc([C@]2(CC3CC3)C[C@@H]2C2NC2C(=O)c2cccc(-c3cccc(Cl)c3)n2)no1. The molecule has 158 valence electrons. The summed E-state index contributed by atoms with van der Waals surface area (Å²) in [6.45, 7) is 1.83. The van der Waals surface area contributed by atoms with Gasteiger partial charge >= 0.3 is 0 Å². The van der Waals surface area contributed by atoms with Crippen LogP contribution in [-0.4, -0.2) is 33.0 Å². The van der Waals surface area contributed by atoms with Crippen molar-refractivity contribution in [1.82, 2.24) is 20.4 Å². The van der Waals surface area contributed by atoms with E-state index in [1.54, 1.807) is 6.07 Å². The monoisotopic (exact) mass is 434 g/mol. The Bertz CT molecular complexity index is 1170. The van der Waals surface area contributed by atoms with Gasteiger partial charge in [0.25, 0.3) is 0 Å². The molecule has 4 atom stereocenters. The highest BCUT2D eigenvalue weighted by Gasteiger charge is 2.68. The smallest absolute Gasteiger partial charge is 0.223 e. The number of nitrogens with zero attached hydrogens (tertiary/aromatic N) is 3. The molecule has 0 radical (unpaired) electrons. The molecule has 0 spiro atoms. The number of aromatic nitrogens is 3. The highest BCUT2D eigenvalue weighted by atomic mass is 35.5. The number of Topliss-reactive ketones (excluding diaryl/α,β-unsaturated/α-hetero) is 1. The summed E-state index contributed by atoms with van der Waals surface area (Å²) in [6, 6.07) is 13.1. The molecule has 1 N–H and O–H groups in total. The Kier molecular flexibility index (Phi) is 4.30. The molecular weight excluding hydrogens is 412 g/mol. The van der Waals surface area contributed by atoms with Crippen LogP contribution in [0.5, 0.6) is 0 Å². The Morgan fingerprint density at radius 1 is 1.23 bits per heavy atom. The Morgan fingerprint density at radius 3 is 2.81 bits per heavy atom. The number of hydrogen-bond donors (Lipinski definition) is 1. The first-order valence-electron chi connectivity index (χ1n) is 10.9. The number of ketones is 1. The highest BCUT2D eigenvalue weighted by Crippen LogP contribution is 2.63. The maximum atomic E-state index is 13.2. The van der Waals surface area contributed by atoms with E-state index < -0.39 is 0 Å². The fourth-order valence-electron chi connectivity index (χ4n) is 5.00. The summed E-state index contributed by atoms with van der Waals surface area (Å²) < 4.78 is 5.28. The first kappa shape index (κ1) is 19.1. The van der Waals surface area contributed by atoms with E-state index in [0.717, 1.165) is 35.8 Å². The summed E-state index contributed by atoms with van der Waals surface area (Å²) in [5, 5.41) is 8.33. The van der Waals surface area contributed by atoms with Gasteiger partial charge in [0.1, 0.15) is 5.69 Å². The van der Waals surface area contributed by atoms with Gasteiger partial charge < -0.3 is 9.84 Å². The lowest BCUT2D eigenvalue weighted by atomic mass is 9.92. The third-order valence-corrected chi connectivity index (χ3v) is 7.15. The predicted octanol–water partition coefficient (Wildman–Crippen LogP) is 4.37. The van der Waals surface area contributed by atoms with Gasteiger partial charge in [-0.3, -0.25) is 4.79 Å². The van der Waals surface area contributed by atoms with Crippen LogP contribution in [-0.2, 0) is 5.41 Å². The molecule has 31 heavy (non-hydrogen) atoms. The van der Waals surface area contributed by atoms with Crippen molar-refractivity contribution in [2.75, 3.05) is 0 Å². The van der Waals surface area contributed by atoms with Gasteiger partial charge in [-0.15, -0.1) is 0 Å². The van der Waals surface area contributed by atoms with Gasteiger partial charge in [0.05, 0.1) is 11.7 Å². The molecule has 1 aromatic carbocycles. The van der Waals surface area contributed by atoms with Crippen LogP contribution in [0.4, 0.5) is 0 Å². The molecule has 7 heteroatoms. The van der Waals surface area contributed by atoms with E-state index in [1.807, 2.05) is 43.3 Å². The molecule has 3 fully saturated rings. The van der Waals surface area contributed by atoms with Crippen molar-refractivity contribution in [2.24, 2.45) is 11.8 Å². The molecule has 2 aliphatic carbocycles. The van der Waals surface area contributed by atoms with Gasteiger partial charge in [-0.25, -0.2) is 4.98 Å². The van der Waals surface area contributed by atoms with Crippen molar-refractivity contribution in [1.29, 1.82) is 0 Å². The van der Waals surface area contributed by atoms with Crippen LogP contribution >= 0.6 is 11.6 Å². The van der Waals surface area contributed by atoms with Gasteiger partial charge in [-0.1, -0.05) is 47.8 Å². The Balaban J connectivity index is 1.20. The van der Waals surface area contributed by atoms with Crippen LogP contribution < -0.4 is 5.32 Å². The van der Waals surface area contributed by atoms with Gasteiger partial charge in [0.2, 0.25) is 5.89 Å². The Labute approximate surface area is 185 Å². The number of pyridine rings is 1. The first-order chi connectivity index (χ1) is 15.0. The Morgan fingerprint density at radius 2 is 2.06 bits per heavy atom. The van der Waals surface area contributed by atoms with E-state index in [4.69, 9.17) is 16.1 Å². The van der Waals surface area contributed by atoms with E-state index in [-0.39, 0.29) is 23.3 Å². The number of aryl methyl sites for hydroxylation is 1. The van der Waals surface area contributed by atoms with Crippen molar-refractivity contribution < 1.29 is 9.32 Å². The van der Waals surface area contributed by atoms with Crippen LogP contribution in [0.1, 0.15) is 47.9 Å². The van der Waals surface area contributed by atoms with Gasteiger partial charge in [-0.2, -0.15) is 4.98 Å². The number of carbonyl (C=O) groups excluding carboxylic acids is 1. The minimum absolute atomic E-state index is 0.0400. The number of rotatable bonds is 7. The highest BCUT2D eigenvalue weighted by molar-refractivity contribution is 6.30. The summed E-state index contributed by atoms with van der Waals surface area (Å²) in [5.74, 6) is 2.60. The van der Waals surface area contributed by atoms with E-state index >= 15 is 0 Å². The molecule has 2 saturated carbocycles. The number of halogens is 1. The summed E-state index contributed by atoms with van der Waals surface area (Å²) in [6.07, 6.45) is 4.68. The maximum Gasteiger partial charge on any atom is 0.223 e. The summed E-state index contributed by atoms with van der Waals surface area (Å²) in [4.78, 5) is 22.4. The lowest BCUT2D eigenvalue weighted by Crippen LogP contribution is -2.19. The second-order valence-corrected chi connectivity index (χ2v) is 9.64. The van der Waals surface area contributed by atoms with E-state index in [2.05, 4.69) is 20.4 Å². The topological polar surface area (TPSA) is 90.8 Å². The van der Waals surface area contributed by atoms with E-state index in [9.17, 15) is 4.79 Å². The summed E-state index contributed by atoms with van der Waals surface area (Å²) in [7, 11) is 0.